The lowest BCUT2D eigenvalue weighted by atomic mass is 10.1. The average molecular weight is 344 g/mol. The molecule has 0 bridgehead atoms. The van der Waals surface area contributed by atoms with Gasteiger partial charge in [0.25, 0.3) is 10.1 Å². The topological polar surface area (TPSA) is 96.4 Å². The zero-order chi connectivity index (χ0) is 17.6. The minimum atomic E-state index is -4.29. The van der Waals surface area contributed by atoms with Gasteiger partial charge in [0.2, 0.25) is 5.91 Å². The van der Waals surface area contributed by atoms with Gasteiger partial charge in [-0.3, -0.25) is 14.3 Å². The highest BCUT2D eigenvalue weighted by Gasteiger charge is 2.15. The zero-order valence-electron chi connectivity index (χ0n) is 12.9. The van der Waals surface area contributed by atoms with Crippen molar-refractivity contribution in [3.63, 3.8) is 0 Å². The van der Waals surface area contributed by atoms with Crippen LogP contribution in [0.2, 0.25) is 0 Å². The van der Waals surface area contributed by atoms with E-state index in [0.29, 0.717) is 16.5 Å². The van der Waals surface area contributed by atoms with Crippen molar-refractivity contribution in [1.29, 1.82) is 0 Å². The number of amides is 1. The standard InChI is InChI=1S/C12H11NO4S.C5H5N/c1-8(14)13-11-6-7-12(18(15,16)17)10-5-3-2-4-9(10)11;1-2-4-6-5-3-1/h2-7H,1H3,(H,13,14)(H,15,16,17);1-5H. The lowest BCUT2D eigenvalue weighted by Crippen LogP contribution is -2.07. The normalized spacial score (nSPS) is 10.6. The highest BCUT2D eigenvalue weighted by atomic mass is 32.2. The molecule has 1 aromatic heterocycles. The molecule has 124 valence electrons. The van der Waals surface area contributed by atoms with Gasteiger partial charge in [0.05, 0.1) is 0 Å². The number of nitrogens with zero attached hydrogens (tertiary/aromatic N) is 1. The number of rotatable bonds is 2. The first-order valence-corrected chi connectivity index (χ1v) is 8.45. The number of pyridine rings is 1. The van der Waals surface area contributed by atoms with Crippen LogP contribution in [0, 0.1) is 0 Å². The largest absolute Gasteiger partial charge is 0.326 e. The number of fused-ring (bicyclic) bond motifs is 1. The van der Waals surface area contributed by atoms with E-state index in [2.05, 4.69) is 10.3 Å². The predicted octanol–water partition coefficient (Wildman–Crippen LogP) is 3.13. The molecule has 7 heteroatoms. The fourth-order valence-electron chi connectivity index (χ4n) is 2.11. The van der Waals surface area contributed by atoms with Crippen LogP contribution in [0.4, 0.5) is 5.69 Å². The van der Waals surface area contributed by atoms with Gasteiger partial charge in [-0.05, 0) is 24.3 Å². The van der Waals surface area contributed by atoms with Crippen molar-refractivity contribution < 1.29 is 17.8 Å². The van der Waals surface area contributed by atoms with Gasteiger partial charge in [-0.25, -0.2) is 0 Å². The number of hydrogen-bond acceptors (Lipinski definition) is 4. The smallest absolute Gasteiger partial charge is 0.295 e. The summed E-state index contributed by atoms with van der Waals surface area (Å²) < 4.78 is 31.6. The Morgan fingerprint density at radius 1 is 0.958 bits per heavy atom. The molecule has 0 radical (unpaired) electrons. The van der Waals surface area contributed by atoms with Crippen molar-refractivity contribution in [3.8, 4) is 0 Å². The number of carbonyl (C=O) groups is 1. The van der Waals surface area contributed by atoms with Gasteiger partial charge in [0.1, 0.15) is 4.90 Å². The molecule has 1 amide bonds. The number of hydrogen-bond donors (Lipinski definition) is 2. The zero-order valence-corrected chi connectivity index (χ0v) is 13.7. The summed E-state index contributed by atoms with van der Waals surface area (Å²) in [6.45, 7) is 1.37. The number of benzene rings is 2. The minimum Gasteiger partial charge on any atom is -0.326 e. The molecule has 2 aromatic carbocycles. The molecule has 0 atom stereocenters. The van der Waals surface area contributed by atoms with Crippen molar-refractivity contribution in [2.45, 2.75) is 11.8 Å². The Balaban J connectivity index is 0.000000292. The van der Waals surface area contributed by atoms with Gasteiger partial charge >= 0.3 is 0 Å². The van der Waals surface area contributed by atoms with Gasteiger partial charge in [-0.2, -0.15) is 8.42 Å². The van der Waals surface area contributed by atoms with Crippen LogP contribution in [-0.4, -0.2) is 23.9 Å². The number of aromatic nitrogens is 1. The average Bonchev–Trinajstić information content (AvgIpc) is 2.56. The molecule has 0 aliphatic rings. The first kappa shape index (κ1) is 17.6. The van der Waals surface area contributed by atoms with E-state index in [1.165, 1.54) is 19.1 Å². The molecule has 6 nitrogen and oxygen atoms in total. The van der Waals surface area contributed by atoms with Crippen LogP contribution in [0.5, 0.6) is 0 Å². The van der Waals surface area contributed by atoms with E-state index in [1.807, 2.05) is 18.2 Å². The maximum atomic E-state index is 11.2. The Morgan fingerprint density at radius 2 is 1.58 bits per heavy atom. The van der Waals surface area contributed by atoms with Crippen LogP contribution in [-0.2, 0) is 14.9 Å². The quantitative estimate of drug-likeness (QED) is 0.696. The summed E-state index contributed by atoms with van der Waals surface area (Å²) in [4.78, 5) is 14.7. The van der Waals surface area contributed by atoms with Crippen LogP contribution in [0.3, 0.4) is 0 Å². The second-order valence-electron chi connectivity index (χ2n) is 4.84. The summed E-state index contributed by atoms with van der Waals surface area (Å²) in [7, 11) is -4.29. The molecular weight excluding hydrogens is 328 g/mol. The SMILES string of the molecule is CC(=O)Nc1ccc(S(=O)(=O)O)c2ccccc12.c1ccncc1. The lowest BCUT2D eigenvalue weighted by Gasteiger charge is -2.09. The van der Waals surface area contributed by atoms with Crippen molar-refractivity contribution in [2.24, 2.45) is 0 Å². The third kappa shape index (κ3) is 4.61. The molecule has 0 unspecified atom stereocenters. The van der Waals surface area contributed by atoms with E-state index >= 15 is 0 Å². The molecule has 2 N–H and O–H groups in total. The lowest BCUT2D eigenvalue weighted by molar-refractivity contribution is -0.114. The Kier molecular flexibility index (Phi) is 5.62. The van der Waals surface area contributed by atoms with Crippen LogP contribution < -0.4 is 5.32 Å². The minimum absolute atomic E-state index is 0.174. The second-order valence-corrected chi connectivity index (χ2v) is 6.23. The van der Waals surface area contributed by atoms with Crippen molar-refractivity contribution in [1.82, 2.24) is 4.98 Å². The second kappa shape index (κ2) is 7.67. The fraction of sp³-hybridized carbons (Fsp3) is 0.0588. The fourth-order valence-corrected chi connectivity index (χ4v) is 2.80. The summed E-state index contributed by atoms with van der Waals surface area (Å²) in [5, 5.41) is 3.54. The van der Waals surface area contributed by atoms with Gasteiger partial charge in [-0.15, -0.1) is 0 Å². The van der Waals surface area contributed by atoms with Gasteiger partial charge in [0.15, 0.2) is 0 Å². The molecule has 3 rings (SSSR count). The van der Waals surface area contributed by atoms with Crippen molar-refractivity contribution >= 4 is 32.5 Å². The monoisotopic (exact) mass is 344 g/mol. The van der Waals surface area contributed by atoms with Gasteiger partial charge in [-0.1, -0.05) is 30.3 Å². The van der Waals surface area contributed by atoms with E-state index in [9.17, 15) is 13.2 Å². The molecule has 24 heavy (non-hydrogen) atoms. The summed E-state index contributed by atoms with van der Waals surface area (Å²) in [6, 6.07) is 15.1. The molecule has 3 aromatic rings. The third-order valence-corrected chi connectivity index (χ3v) is 3.95. The molecular formula is C17H16N2O4S. The van der Waals surface area contributed by atoms with E-state index in [1.54, 1.807) is 36.7 Å². The molecule has 0 saturated carbocycles. The first-order valence-electron chi connectivity index (χ1n) is 7.01. The number of carbonyl (C=O) groups excluding carboxylic acids is 1. The van der Waals surface area contributed by atoms with Gasteiger partial charge < -0.3 is 5.32 Å². The summed E-state index contributed by atoms with van der Waals surface area (Å²) in [5.41, 5.74) is 0.505. The van der Waals surface area contributed by atoms with Crippen molar-refractivity contribution in [3.05, 3.63) is 67.0 Å². The van der Waals surface area contributed by atoms with Crippen LogP contribution >= 0.6 is 0 Å². The van der Waals surface area contributed by atoms with Crippen LogP contribution in [0.15, 0.2) is 71.9 Å². The Hall–Kier alpha value is -2.77. The predicted molar refractivity (Wildman–Crippen MR) is 92.3 cm³/mol. The molecule has 0 fully saturated rings. The maximum Gasteiger partial charge on any atom is 0.295 e. The van der Waals surface area contributed by atoms with E-state index in [-0.39, 0.29) is 10.8 Å². The van der Waals surface area contributed by atoms with Gasteiger partial charge in [0, 0.05) is 35.8 Å². The first-order chi connectivity index (χ1) is 11.4. The van der Waals surface area contributed by atoms with Crippen LogP contribution in [0.25, 0.3) is 10.8 Å². The van der Waals surface area contributed by atoms with E-state index in [4.69, 9.17) is 4.55 Å². The van der Waals surface area contributed by atoms with E-state index < -0.39 is 10.1 Å². The number of nitrogens with one attached hydrogen (secondary N) is 1. The maximum absolute atomic E-state index is 11.2. The molecule has 0 saturated heterocycles. The van der Waals surface area contributed by atoms with Crippen LogP contribution in [0.1, 0.15) is 6.92 Å². The summed E-state index contributed by atoms with van der Waals surface area (Å²) in [6.07, 6.45) is 3.50. The number of anilines is 1. The van der Waals surface area contributed by atoms with Crippen molar-refractivity contribution in [2.75, 3.05) is 5.32 Å². The highest BCUT2D eigenvalue weighted by molar-refractivity contribution is 7.86. The van der Waals surface area contributed by atoms with E-state index in [0.717, 1.165) is 0 Å². The molecule has 1 heterocycles. The molecule has 0 spiro atoms. The highest BCUT2D eigenvalue weighted by Crippen LogP contribution is 2.29. The Morgan fingerprint density at radius 3 is 2.04 bits per heavy atom. The molecule has 0 aliphatic heterocycles. The Labute approximate surface area is 139 Å². The molecule has 0 aliphatic carbocycles. The summed E-state index contributed by atoms with van der Waals surface area (Å²) in [5.74, 6) is -0.250. The third-order valence-electron chi connectivity index (χ3n) is 3.04. The Bertz CT molecular complexity index is 915. The summed E-state index contributed by atoms with van der Waals surface area (Å²) >= 11 is 0.